The van der Waals surface area contributed by atoms with Crippen LogP contribution in [-0.2, 0) is 20.0 Å². The van der Waals surface area contributed by atoms with Gasteiger partial charge in [0.05, 0.1) is 20.9 Å². The molecule has 0 amide bonds. The van der Waals surface area contributed by atoms with Gasteiger partial charge in [0.1, 0.15) is 0 Å². The molecule has 0 saturated heterocycles. The number of nitrogens with one attached hydrogen (secondary N) is 1. The van der Waals surface area contributed by atoms with Crippen LogP contribution in [0.4, 0.5) is 0 Å². The first-order chi connectivity index (χ1) is 18.3. The SMILES string of the molecule is CCCN(CCC)NS(=O)(=O)c1ccc(C(=O)O)cc1.CCCN(CCC)S(=O)(=O)c1ccc(C(=O)O)cc1. The second kappa shape index (κ2) is 16.3. The molecule has 0 heterocycles. The Labute approximate surface area is 231 Å². The molecule has 0 fully saturated rings. The first-order valence-electron chi connectivity index (χ1n) is 12.8. The molecule has 2 aromatic rings. The van der Waals surface area contributed by atoms with E-state index >= 15 is 0 Å². The number of carbonyl (C=O) groups is 2. The molecule has 3 N–H and O–H groups in total. The van der Waals surface area contributed by atoms with Crippen LogP contribution in [0.15, 0.2) is 58.3 Å². The molecule has 2 rings (SSSR count). The van der Waals surface area contributed by atoms with E-state index in [0.717, 1.165) is 25.7 Å². The monoisotopic (exact) mass is 585 g/mol. The first kappa shape index (κ1) is 34.2. The van der Waals surface area contributed by atoms with E-state index in [2.05, 4.69) is 4.83 Å². The standard InChI is InChI=1S/C13H20N2O4S.C13H19NO4S/c1-3-9-15(10-4-2)14-20(18,19)12-7-5-11(6-8-12)13(16)17;1-3-9-14(10-4-2)19(17,18)12-7-5-11(6-8-12)13(15)16/h5-8,14H,3-4,9-10H2,1-2H3,(H,16,17);5-8H,3-4,9-10H2,1-2H3,(H,15,16). The molecule has 0 aromatic heterocycles. The molecule has 0 saturated carbocycles. The zero-order chi connectivity index (χ0) is 29.6. The molecule has 0 aliphatic rings. The molecule has 0 aliphatic heterocycles. The zero-order valence-corrected chi connectivity index (χ0v) is 24.5. The highest BCUT2D eigenvalue weighted by Gasteiger charge is 2.23. The van der Waals surface area contributed by atoms with Gasteiger partial charge in [0, 0.05) is 26.2 Å². The average molecular weight is 586 g/mol. The lowest BCUT2D eigenvalue weighted by atomic mass is 10.2. The van der Waals surface area contributed by atoms with Crippen LogP contribution in [0.25, 0.3) is 0 Å². The number of hydrogen-bond acceptors (Lipinski definition) is 7. The molecule has 0 bridgehead atoms. The fraction of sp³-hybridized carbons (Fsp3) is 0.462. The van der Waals surface area contributed by atoms with E-state index in [4.69, 9.17) is 10.2 Å². The van der Waals surface area contributed by atoms with Gasteiger partial charge in [0.15, 0.2) is 0 Å². The van der Waals surface area contributed by atoms with Crippen molar-refractivity contribution in [2.24, 2.45) is 0 Å². The summed E-state index contributed by atoms with van der Waals surface area (Å²) >= 11 is 0. The highest BCUT2D eigenvalue weighted by molar-refractivity contribution is 7.89. The molecular weight excluding hydrogens is 546 g/mol. The van der Waals surface area contributed by atoms with E-state index in [1.807, 2.05) is 27.7 Å². The van der Waals surface area contributed by atoms with Crippen LogP contribution in [0.2, 0.25) is 0 Å². The number of sulfonamides is 2. The molecule has 0 spiro atoms. The van der Waals surface area contributed by atoms with Gasteiger partial charge in [-0.3, -0.25) is 0 Å². The largest absolute Gasteiger partial charge is 0.478 e. The van der Waals surface area contributed by atoms with Crippen LogP contribution in [0.3, 0.4) is 0 Å². The third-order valence-corrected chi connectivity index (χ3v) is 8.64. The summed E-state index contributed by atoms with van der Waals surface area (Å²) in [6, 6.07) is 10.5. The van der Waals surface area contributed by atoms with E-state index in [0.29, 0.717) is 26.2 Å². The molecule has 39 heavy (non-hydrogen) atoms. The van der Waals surface area contributed by atoms with Gasteiger partial charge < -0.3 is 10.2 Å². The minimum Gasteiger partial charge on any atom is -0.478 e. The van der Waals surface area contributed by atoms with Crippen LogP contribution < -0.4 is 4.83 Å². The lowest BCUT2D eigenvalue weighted by Crippen LogP contribution is -2.42. The maximum atomic E-state index is 12.4. The Morgan fingerprint density at radius 2 is 1.00 bits per heavy atom. The number of carboxylic acids is 2. The predicted octanol–water partition coefficient (Wildman–Crippen LogP) is 3.90. The smallest absolute Gasteiger partial charge is 0.335 e. The Hall–Kier alpha value is -2.84. The van der Waals surface area contributed by atoms with Crippen LogP contribution in [0, 0.1) is 0 Å². The molecule has 218 valence electrons. The van der Waals surface area contributed by atoms with Crippen molar-refractivity contribution in [2.75, 3.05) is 26.2 Å². The Morgan fingerprint density at radius 1 is 0.641 bits per heavy atom. The quantitative estimate of drug-likeness (QED) is 0.263. The second-order valence-electron chi connectivity index (χ2n) is 8.64. The maximum Gasteiger partial charge on any atom is 0.335 e. The van der Waals surface area contributed by atoms with Crippen molar-refractivity contribution in [3.63, 3.8) is 0 Å². The fourth-order valence-corrected chi connectivity index (χ4v) is 6.26. The number of hydrogen-bond donors (Lipinski definition) is 3. The highest BCUT2D eigenvalue weighted by Crippen LogP contribution is 2.17. The second-order valence-corrected chi connectivity index (χ2v) is 12.2. The van der Waals surface area contributed by atoms with Crippen molar-refractivity contribution >= 4 is 32.0 Å². The number of aromatic carboxylic acids is 2. The average Bonchev–Trinajstić information content (AvgIpc) is 2.89. The van der Waals surface area contributed by atoms with E-state index in [1.165, 1.54) is 52.8 Å². The Bertz CT molecular complexity index is 1250. The molecule has 0 atom stereocenters. The number of nitrogens with zero attached hydrogens (tertiary/aromatic N) is 2. The summed E-state index contributed by atoms with van der Waals surface area (Å²) in [5, 5.41) is 19.2. The van der Waals surface area contributed by atoms with Gasteiger partial charge in [-0.05, 0) is 74.2 Å². The van der Waals surface area contributed by atoms with Gasteiger partial charge >= 0.3 is 11.9 Å². The third kappa shape index (κ3) is 10.7. The van der Waals surface area contributed by atoms with Crippen molar-refractivity contribution in [2.45, 2.75) is 63.2 Å². The van der Waals surface area contributed by atoms with Crippen LogP contribution in [0.1, 0.15) is 74.1 Å². The summed E-state index contributed by atoms with van der Waals surface area (Å²) in [5.74, 6) is -2.15. The molecule has 0 unspecified atom stereocenters. The molecular formula is C26H39N3O8S2. The Kier molecular flexibility index (Phi) is 14.3. The maximum absolute atomic E-state index is 12.4. The van der Waals surface area contributed by atoms with Gasteiger partial charge in [0.2, 0.25) is 10.0 Å². The van der Waals surface area contributed by atoms with E-state index in [9.17, 15) is 26.4 Å². The van der Waals surface area contributed by atoms with Gasteiger partial charge in [-0.25, -0.2) is 31.4 Å². The molecule has 13 heteroatoms. The minimum atomic E-state index is -3.66. The van der Waals surface area contributed by atoms with Crippen LogP contribution in [-0.4, -0.2) is 74.5 Å². The summed E-state index contributed by atoms with van der Waals surface area (Å²) in [7, 11) is -7.19. The normalized spacial score (nSPS) is 11.7. The lowest BCUT2D eigenvalue weighted by molar-refractivity contribution is 0.0686. The topological polar surface area (TPSA) is 161 Å². The van der Waals surface area contributed by atoms with Crippen molar-refractivity contribution < 1.29 is 36.6 Å². The van der Waals surface area contributed by atoms with Crippen molar-refractivity contribution in [1.82, 2.24) is 14.1 Å². The molecule has 0 radical (unpaired) electrons. The number of carboxylic acid groups (broad SMARTS) is 2. The number of rotatable bonds is 15. The van der Waals surface area contributed by atoms with Crippen LogP contribution >= 0.6 is 0 Å². The van der Waals surface area contributed by atoms with Gasteiger partial charge in [-0.2, -0.15) is 4.31 Å². The van der Waals surface area contributed by atoms with Crippen molar-refractivity contribution in [3.8, 4) is 0 Å². The summed E-state index contributed by atoms with van der Waals surface area (Å²) in [6.45, 7) is 9.98. The third-order valence-electron chi connectivity index (χ3n) is 5.33. The van der Waals surface area contributed by atoms with Gasteiger partial charge in [0.25, 0.3) is 10.0 Å². The fourth-order valence-electron chi connectivity index (χ4n) is 3.51. The van der Waals surface area contributed by atoms with Crippen molar-refractivity contribution in [3.05, 3.63) is 59.7 Å². The molecule has 11 nitrogen and oxygen atoms in total. The van der Waals surface area contributed by atoms with Crippen molar-refractivity contribution in [1.29, 1.82) is 0 Å². The summed E-state index contributed by atoms with van der Waals surface area (Å²) in [4.78, 5) is 24.2. The molecule has 2 aromatic carbocycles. The summed E-state index contributed by atoms with van der Waals surface area (Å²) in [5.41, 5.74) is 0.138. The summed E-state index contributed by atoms with van der Waals surface area (Å²) < 4.78 is 50.5. The van der Waals surface area contributed by atoms with E-state index in [-0.39, 0.29) is 20.9 Å². The zero-order valence-electron chi connectivity index (χ0n) is 22.8. The Balaban J connectivity index is 0.000000391. The Morgan fingerprint density at radius 3 is 1.33 bits per heavy atom. The van der Waals surface area contributed by atoms with Gasteiger partial charge in [-0.1, -0.05) is 27.7 Å². The van der Waals surface area contributed by atoms with Gasteiger partial charge in [-0.15, -0.1) is 4.83 Å². The molecule has 0 aliphatic carbocycles. The minimum absolute atomic E-state index is 0.0553. The number of benzene rings is 2. The first-order valence-corrected chi connectivity index (χ1v) is 15.7. The number of hydrazine groups is 1. The summed E-state index contributed by atoms with van der Waals surface area (Å²) in [6.07, 6.45) is 3.15. The van der Waals surface area contributed by atoms with E-state index < -0.39 is 32.0 Å². The lowest BCUT2D eigenvalue weighted by Gasteiger charge is -2.21. The highest BCUT2D eigenvalue weighted by atomic mass is 32.2. The van der Waals surface area contributed by atoms with E-state index in [1.54, 1.807) is 5.01 Å². The predicted molar refractivity (Wildman–Crippen MR) is 149 cm³/mol. The van der Waals surface area contributed by atoms with Crippen LogP contribution in [0.5, 0.6) is 0 Å².